The number of Topliss-reactive ketones (excluding diaryl/α,β-unsaturated/α-hetero) is 1. The predicted octanol–water partition coefficient (Wildman–Crippen LogP) is 3.14. The molecule has 6 heteroatoms. The van der Waals surface area contributed by atoms with Crippen molar-refractivity contribution >= 4 is 5.78 Å². The van der Waals surface area contributed by atoms with Crippen LogP contribution in [0.3, 0.4) is 0 Å². The number of rotatable bonds is 2. The standard InChI is InChI=1S/C11H9F4NO/c12-9-7(3-1-6-16-9)8(17)10(4-2-5-10)11(13,14)15/h1,3,6H,2,4-5H2. The molecule has 0 bridgehead atoms. The van der Waals surface area contributed by atoms with E-state index in [4.69, 9.17) is 0 Å². The largest absolute Gasteiger partial charge is 0.401 e. The predicted molar refractivity (Wildman–Crippen MR) is 50.9 cm³/mol. The van der Waals surface area contributed by atoms with Gasteiger partial charge in [-0.25, -0.2) is 4.98 Å². The lowest BCUT2D eigenvalue weighted by Gasteiger charge is -2.41. The van der Waals surface area contributed by atoms with Crippen LogP contribution in [0.1, 0.15) is 29.6 Å². The van der Waals surface area contributed by atoms with E-state index in [1.807, 2.05) is 0 Å². The van der Waals surface area contributed by atoms with Crippen molar-refractivity contribution < 1.29 is 22.4 Å². The van der Waals surface area contributed by atoms with E-state index < -0.39 is 28.9 Å². The average Bonchev–Trinajstić information content (AvgIpc) is 2.13. The summed E-state index contributed by atoms with van der Waals surface area (Å²) in [5, 5.41) is 0. The van der Waals surface area contributed by atoms with Gasteiger partial charge in [-0.05, 0) is 25.0 Å². The maximum absolute atomic E-state index is 13.2. The van der Waals surface area contributed by atoms with Gasteiger partial charge in [0.2, 0.25) is 5.95 Å². The van der Waals surface area contributed by atoms with Crippen molar-refractivity contribution in [2.75, 3.05) is 0 Å². The molecule has 1 aliphatic rings. The lowest BCUT2D eigenvalue weighted by molar-refractivity contribution is -0.227. The van der Waals surface area contributed by atoms with Crippen molar-refractivity contribution in [1.29, 1.82) is 0 Å². The summed E-state index contributed by atoms with van der Waals surface area (Å²) in [4.78, 5) is 15.0. The van der Waals surface area contributed by atoms with Crippen LogP contribution in [0.2, 0.25) is 0 Å². The third kappa shape index (κ3) is 1.71. The van der Waals surface area contributed by atoms with Gasteiger partial charge in [-0.1, -0.05) is 6.42 Å². The van der Waals surface area contributed by atoms with Crippen LogP contribution < -0.4 is 0 Å². The Morgan fingerprint density at radius 2 is 2.00 bits per heavy atom. The Morgan fingerprint density at radius 3 is 2.41 bits per heavy atom. The Hall–Kier alpha value is -1.46. The van der Waals surface area contributed by atoms with Crippen LogP contribution in [0.25, 0.3) is 0 Å². The van der Waals surface area contributed by atoms with Crippen molar-refractivity contribution in [2.24, 2.45) is 5.41 Å². The zero-order valence-corrected chi connectivity index (χ0v) is 8.72. The first kappa shape index (κ1) is 12.0. The van der Waals surface area contributed by atoms with Crippen LogP contribution in [-0.4, -0.2) is 16.9 Å². The Balaban J connectivity index is 2.41. The van der Waals surface area contributed by atoms with E-state index in [0.717, 1.165) is 12.3 Å². The second-order valence-electron chi connectivity index (χ2n) is 4.10. The van der Waals surface area contributed by atoms with Gasteiger partial charge in [-0.2, -0.15) is 17.6 Å². The molecule has 0 atom stereocenters. The van der Waals surface area contributed by atoms with Crippen molar-refractivity contribution in [3.8, 4) is 0 Å². The van der Waals surface area contributed by atoms with Crippen LogP contribution in [0, 0.1) is 11.4 Å². The number of ketones is 1. The minimum Gasteiger partial charge on any atom is -0.293 e. The molecule has 0 saturated heterocycles. The third-order valence-corrected chi connectivity index (χ3v) is 3.19. The molecular weight excluding hydrogens is 238 g/mol. The van der Waals surface area contributed by atoms with Crippen molar-refractivity contribution in [3.63, 3.8) is 0 Å². The first-order chi connectivity index (χ1) is 7.88. The number of carbonyl (C=O) groups excluding carboxylic acids is 1. The number of carbonyl (C=O) groups is 1. The Labute approximate surface area is 94.7 Å². The van der Waals surface area contributed by atoms with E-state index in [0.29, 0.717) is 6.42 Å². The molecule has 0 N–H and O–H groups in total. The maximum atomic E-state index is 13.2. The first-order valence-corrected chi connectivity index (χ1v) is 5.10. The van der Waals surface area contributed by atoms with Gasteiger partial charge in [-0.15, -0.1) is 0 Å². The highest BCUT2D eigenvalue weighted by Gasteiger charge is 2.63. The summed E-state index contributed by atoms with van der Waals surface area (Å²) in [6, 6.07) is 2.29. The molecule has 17 heavy (non-hydrogen) atoms. The highest BCUT2D eigenvalue weighted by Crippen LogP contribution is 2.54. The molecule has 1 heterocycles. The monoisotopic (exact) mass is 247 g/mol. The third-order valence-electron chi connectivity index (χ3n) is 3.19. The molecule has 92 valence electrons. The SMILES string of the molecule is O=C(c1cccnc1F)C1(C(F)(F)F)CCC1. The van der Waals surface area contributed by atoms with Crippen LogP contribution in [0.5, 0.6) is 0 Å². The summed E-state index contributed by atoms with van der Waals surface area (Å²) in [5.41, 5.74) is -2.99. The Kier molecular flexibility index (Phi) is 2.67. The number of alkyl halides is 3. The highest BCUT2D eigenvalue weighted by atomic mass is 19.4. The van der Waals surface area contributed by atoms with Gasteiger partial charge in [0.05, 0.1) is 5.56 Å². The molecule has 0 radical (unpaired) electrons. The molecule has 0 aliphatic heterocycles. The van der Waals surface area contributed by atoms with Gasteiger partial charge in [0.25, 0.3) is 0 Å². The summed E-state index contributed by atoms with van der Waals surface area (Å²) in [5.74, 6) is -2.35. The molecule has 0 unspecified atom stereocenters. The van der Waals surface area contributed by atoms with Crippen LogP contribution >= 0.6 is 0 Å². The summed E-state index contributed by atoms with van der Waals surface area (Å²) in [6.07, 6.45) is -3.77. The van der Waals surface area contributed by atoms with Crippen molar-refractivity contribution in [3.05, 3.63) is 29.8 Å². The lowest BCUT2D eigenvalue weighted by Crippen LogP contribution is -2.50. The number of halogens is 4. The molecule has 0 spiro atoms. The van der Waals surface area contributed by atoms with E-state index >= 15 is 0 Å². The molecule has 1 fully saturated rings. The smallest absolute Gasteiger partial charge is 0.293 e. The number of hydrogen-bond acceptors (Lipinski definition) is 2. The molecule has 2 rings (SSSR count). The van der Waals surface area contributed by atoms with Gasteiger partial charge in [-0.3, -0.25) is 4.79 Å². The van der Waals surface area contributed by atoms with E-state index in [1.54, 1.807) is 0 Å². The van der Waals surface area contributed by atoms with Crippen molar-refractivity contribution in [1.82, 2.24) is 4.98 Å². The molecule has 1 aromatic rings. The van der Waals surface area contributed by atoms with Crippen LogP contribution in [0.15, 0.2) is 18.3 Å². The molecular formula is C11H9F4NO. The summed E-state index contributed by atoms with van der Waals surface area (Å²) in [7, 11) is 0. The van der Waals surface area contributed by atoms with Gasteiger partial charge in [0.15, 0.2) is 5.78 Å². The minimum absolute atomic E-state index is 0.274. The second kappa shape index (κ2) is 3.78. The fourth-order valence-corrected chi connectivity index (χ4v) is 1.98. The molecule has 1 aromatic heterocycles. The summed E-state index contributed by atoms with van der Waals surface area (Å²) >= 11 is 0. The number of pyridine rings is 1. The van der Waals surface area contributed by atoms with Gasteiger partial charge in [0, 0.05) is 6.20 Å². The fourth-order valence-electron chi connectivity index (χ4n) is 1.98. The lowest BCUT2D eigenvalue weighted by atomic mass is 9.64. The molecule has 1 saturated carbocycles. The van der Waals surface area contributed by atoms with E-state index in [9.17, 15) is 22.4 Å². The van der Waals surface area contributed by atoms with E-state index in [1.165, 1.54) is 6.07 Å². The van der Waals surface area contributed by atoms with Crippen LogP contribution in [-0.2, 0) is 0 Å². The van der Waals surface area contributed by atoms with E-state index in [2.05, 4.69) is 4.98 Å². The average molecular weight is 247 g/mol. The van der Waals surface area contributed by atoms with Crippen molar-refractivity contribution in [2.45, 2.75) is 25.4 Å². The van der Waals surface area contributed by atoms with E-state index in [-0.39, 0.29) is 12.8 Å². The first-order valence-electron chi connectivity index (χ1n) is 5.10. The Bertz CT molecular complexity index is 451. The maximum Gasteiger partial charge on any atom is 0.401 e. The molecule has 0 amide bonds. The summed E-state index contributed by atoms with van der Waals surface area (Å²) < 4.78 is 51.8. The summed E-state index contributed by atoms with van der Waals surface area (Å²) in [6.45, 7) is 0. The normalized spacial score (nSPS) is 18.6. The minimum atomic E-state index is -4.63. The highest BCUT2D eigenvalue weighted by molar-refractivity contribution is 6.01. The molecule has 1 aliphatic carbocycles. The quantitative estimate of drug-likeness (QED) is 0.456. The van der Waals surface area contributed by atoms with Crippen LogP contribution in [0.4, 0.5) is 17.6 Å². The second-order valence-corrected chi connectivity index (χ2v) is 4.10. The number of aromatic nitrogens is 1. The molecule has 2 nitrogen and oxygen atoms in total. The van der Waals surface area contributed by atoms with Gasteiger partial charge < -0.3 is 0 Å². The fraction of sp³-hybridized carbons (Fsp3) is 0.455. The van der Waals surface area contributed by atoms with Gasteiger partial charge >= 0.3 is 6.18 Å². The van der Waals surface area contributed by atoms with Gasteiger partial charge in [0.1, 0.15) is 5.41 Å². The number of nitrogens with zero attached hydrogens (tertiary/aromatic N) is 1. The topological polar surface area (TPSA) is 30.0 Å². The zero-order chi connectivity index (χ0) is 12.7. The zero-order valence-electron chi connectivity index (χ0n) is 8.72. The molecule has 0 aromatic carbocycles. The Morgan fingerprint density at radius 1 is 1.35 bits per heavy atom. The number of hydrogen-bond donors (Lipinski definition) is 0.